The van der Waals surface area contributed by atoms with Gasteiger partial charge in [-0.15, -0.1) is 0 Å². The largest absolute Gasteiger partial charge is 0.496 e. The van der Waals surface area contributed by atoms with Crippen molar-refractivity contribution >= 4 is 0 Å². The van der Waals surface area contributed by atoms with Crippen molar-refractivity contribution in [1.82, 2.24) is 0 Å². The van der Waals surface area contributed by atoms with E-state index in [4.69, 9.17) is 10.5 Å². The molecule has 4 heteroatoms. The van der Waals surface area contributed by atoms with Crippen LogP contribution in [0.1, 0.15) is 18.4 Å². The van der Waals surface area contributed by atoms with Gasteiger partial charge in [-0.25, -0.2) is 0 Å². The van der Waals surface area contributed by atoms with Gasteiger partial charge in [0.15, 0.2) is 0 Å². The van der Waals surface area contributed by atoms with Gasteiger partial charge in [-0.1, -0.05) is 42.5 Å². The molecule has 4 N–H and O–H groups in total. The van der Waals surface area contributed by atoms with Crippen LogP contribution in [0, 0.1) is 0 Å². The molecule has 0 aliphatic rings. The Morgan fingerprint density at radius 3 is 2.26 bits per heavy atom. The van der Waals surface area contributed by atoms with Gasteiger partial charge in [0.05, 0.1) is 25.9 Å². The van der Waals surface area contributed by atoms with E-state index in [0.29, 0.717) is 6.42 Å². The number of aliphatic hydroxyl groups is 2. The first-order chi connectivity index (χ1) is 11.1. The molecule has 0 bridgehead atoms. The third-order valence-electron chi connectivity index (χ3n) is 4.14. The molecule has 0 saturated heterocycles. The Bertz CT molecular complexity index is 606. The van der Waals surface area contributed by atoms with Gasteiger partial charge >= 0.3 is 0 Å². The fourth-order valence-corrected chi connectivity index (χ4v) is 2.59. The van der Waals surface area contributed by atoms with Crippen LogP contribution in [-0.2, 0) is 6.42 Å². The van der Waals surface area contributed by atoms with Crippen LogP contribution < -0.4 is 10.5 Å². The average Bonchev–Trinajstić information content (AvgIpc) is 2.62. The first kappa shape index (κ1) is 17.5. The number of aryl methyl sites for hydroxylation is 1. The summed E-state index contributed by atoms with van der Waals surface area (Å²) in [6.45, 7) is -0.396. The first-order valence-electron chi connectivity index (χ1n) is 7.85. The predicted molar refractivity (Wildman–Crippen MR) is 92.5 cm³/mol. The summed E-state index contributed by atoms with van der Waals surface area (Å²) in [5.41, 5.74) is 8.40. The summed E-state index contributed by atoms with van der Waals surface area (Å²) in [7, 11) is 1.68. The summed E-state index contributed by atoms with van der Waals surface area (Å²) in [5.74, 6) is 0.860. The van der Waals surface area contributed by atoms with Crippen LogP contribution in [0.25, 0.3) is 11.1 Å². The molecule has 0 aliphatic heterocycles. The third-order valence-corrected chi connectivity index (χ3v) is 4.14. The van der Waals surface area contributed by atoms with Gasteiger partial charge < -0.3 is 20.7 Å². The van der Waals surface area contributed by atoms with Crippen molar-refractivity contribution in [3.8, 4) is 16.9 Å². The topological polar surface area (TPSA) is 75.7 Å². The van der Waals surface area contributed by atoms with Gasteiger partial charge in [-0.05, 0) is 36.5 Å². The zero-order valence-electron chi connectivity index (χ0n) is 13.5. The molecular formula is C19H25NO3. The van der Waals surface area contributed by atoms with Crippen molar-refractivity contribution in [2.75, 3.05) is 20.3 Å². The number of ether oxygens (including phenoxy) is 1. The highest BCUT2D eigenvalue weighted by Gasteiger charge is 2.22. The molecule has 0 spiro atoms. The third kappa shape index (κ3) is 4.55. The fourth-order valence-electron chi connectivity index (χ4n) is 2.59. The van der Waals surface area contributed by atoms with E-state index in [1.165, 1.54) is 5.56 Å². The smallest absolute Gasteiger partial charge is 0.126 e. The first-order valence-corrected chi connectivity index (χ1v) is 7.85. The highest BCUT2D eigenvalue weighted by Crippen LogP contribution is 2.29. The number of hydrogen-bond donors (Lipinski definition) is 3. The molecule has 4 nitrogen and oxygen atoms in total. The van der Waals surface area contributed by atoms with Gasteiger partial charge in [0.1, 0.15) is 5.75 Å². The quantitative estimate of drug-likeness (QED) is 0.699. The lowest BCUT2D eigenvalue weighted by molar-refractivity contribution is 0.113. The lowest BCUT2D eigenvalue weighted by Gasteiger charge is -2.24. The molecular weight excluding hydrogens is 290 g/mol. The second kappa shape index (κ2) is 8.11. The van der Waals surface area contributed by atoms with E-state index in [1.54, 1.807) is 7.11 Å². The Morgan fingerprint density at radius 2 is 1.65 bits per heavy atom. The molecule has 2 rings (SSSR count). The monoisotopic (exact) mass is 315 g/mol. The Balaban J connectivity index is 2.00. The van der Waals surface area contributed by atoms with Crippen LogP contribution >= 0.6 is 0 Å². The molecule has 124 valence electrons. The van der Waals surface area contributed by atoms with E-state index in [2.05, 4.69) is 24.3 Å². The predicted octanol–water partition coefficient (Wildman–Crippen LogP) is 2.37. The highest BCUT2D eigenvalue weighted by atomic mass is 16.5. The number of methoxy groups -OCH3 is 1. The lowest BCUT2D eigenvalue weighted by Crippen LogP contribution is -2.47. The van der Waals surface area contributed by atoms with Gasteiger partial charge in [-0.2, -0.15) is 0 Å². The van der Waals surface area contributed by atoms with Gasteiger partial charge in [0.25, 0.3) is 0 Å². The minimum absolute atomic E-state index is 0.198. The molecule has 0 atom stereocenters. The second-order valence-corrected chi connectivity index (χ2v) is 5.93. The number of nitrogens with two attached hydrogens (primary N) is 1. The molecule has 2 aromatic carbocycles. The average molecular weight is 315 g/mol. The Hall–Kier alpha value is -1.88. The van der Waals surface area contributed by atoms with Crippen LogP contribution in [0.2, 0.25) is 0 Å². The van der Waals surface area contributed by atoms with E-state index in [1.807, 2.05) is 24.3 Å². The number of para-hydroxylation sites is 1. The lowest BCUT2D eigenvalue weighted by atomic mass is 9.93. The molecule has 2 aromatic rings. The van der Waals surface area contributed by atoms with Crippen molar-refractivity contribution in [3.05, 3.63) is 54.1 Å². The SMILES string of the molecule is COc1ccccc1-c1ccc(CCCC(N)(CO)CO)cc1. The maximum atomic E-state index is 9.20. The summed E-state index contributed by atoms with van der Waals surface area (Å²) in [6.07, 6.45) is 2.28. The zero-order valence-corrected chi connectivity index (χ0v) is 13.5. The summed E-state index contributed by atoms with van der Waals surface area (Å²) in [5, 5.41) is 18.4. The molecule has 0 saturated carbocycles. The summed E-state index contributed by atoms with van der Waals surface area (Å²) in [6, 6.07) is 16.3. The molecule has 0 unspecified atom stereocenters. The van der Waals surface area contributed by atoms with Gasteiger partial charge in [0, 0.05) is 5.56 Å². The minimum atomic E-state index is -0.878. The van der Waals surface area contributed by atoms with Crippen LogP contribution in [0.15, 0.2) is 48.5 Å². The Kier molecular flexibility index (Phi) is 6.16. The van der Waals surface area contributed by atoms with E-state index >= 15 is 0 Å². The molecule has 0 aromatic heterocycles. The standard InChI is InChI=1S/C19H25NO3/c1-23-18-7-3-2-6-17(18)16-10-8-15(9-11-16)5-4-12-19(20,13-21)14-22/h2-3,6-11,21-22H,4-5,12-14,20H2,1H3. The van der Waals surface area contributed by atoms with Crippen LogP contribution in [-0.4, -0.2) is 36.1 Å². The van der Waals surface area contributed by atoms with Crippen molar-refractivity contribution in [3.63, 3.8) is 0 Å². The van der Waals surface area contributed by atoms with Crippen molar-refractivity contribution in [2.24, 2.45) is 5.73 Å². The summed E-state index contributed by atoms with van der Waals surface area (Å²) in [4.78, 5) is 0. The Labute approximate surface area is 137 Å². The van der Waals surface area contributed by atoms with Crippen molar-refractivity contribution in [2.45, 2.75) is 24.8 Å². The summed E-state index contributed by atoms with van der Waals surface area (Å²) < 4.78 is 5.40. The van der Waals surface area contributed by atoms with Crippen molar-refractivity contribution in [1.29, 1.82) is 0 Å². The van der Waals surface area contributed by atoms with E-state index in [-0.39, 0.29) is 13.2 Å². The van der Waals surface area contributed by atoms with Crippen LogP contribution in [0.5, 0.6) is 5.75 Å². The number of aliphatic hydroxyl groups excluding tert-OH is 2. The molecule has 0 aliphatic carbocycles. The van der Waals surface area contributed by atoms with E-state index < -0.39 is 5.54 Å². The summed E-state index contributed by atoms with van der Waals surface area (Å²) >= 11 is 0. The second-order valence-electron chi connectivity index (χ2n) is 5.93. The zero-order chi connectivity index (χ0) is 16.7. The number of hydrogen-bond acceptors (Lipinski definition) is 4. The molecule has 0 heterocycles. The van der Waals surface area contributed by atoms with E-state index in [9.17, 15) is 10.2 Å². The maximum Gasteiger partial charge on any atom is 0.126 e. The molecule has 0 radical (unpaired) electrons. The normalized spacial score (nSPS) is 11.5. The molecule has 23 heavy (non-hydrogen) atoms. The van der Waals surface area contributed by atoms with E-state index in [0.717, 1.165) is 29.7 Å². The molecule has 0 fully saturated rings. The maximum absolute atomic E-state index is 9.20. The number of benzene rings is 2. The Morgan fingerprint density at radius 1 is 1.00 bits per heavy atom. The van der Waals surface area contributed by atoms with Crippen molar-refractivity contribution < 1.29 is 14.9 Å². The minimum Gasteiger partial charge on any atom is -0.496 e. The fraction of sp³-hybridized carbons (Fsp3) is 0.368. The van der Waals surface area contributed by atoms with Crippen LogP contribution in [0.3, 0.4) is 0 Å². The number of rotatable bonds is 8. The highest BCUT2D eigenvalue weighted by molar-refractivity contribution is 5.70. The van der Waals surface area contributed by atoms with Gasteiger partial charge in [0.2, 0.25) is 0 Å². The molecule has 0 amide bonds. The van der Waals surface area contributed by atoms with Crippen LogP contribution in [0.4, 0.5) is 0 Å². The van der Waals surface area contributed by atoms with Gasteiger partial charge in [-0.3, -0.25) is 0 Å².